The molecule has 7 nitrogen and oxygen atoms in total. The molecule has 1 atom stereocenters. The van der Waals surface area contributed by atoms with Crippen LogP contribution in [-0.4, -0.2) is 40.7 Å². The van der Waals surface area contributed by atoms with E-state index < -0.39 is 5.97 Å². The Morgan fingerprint density at radius 3 is 2.96 bits per heavy atom. The molecule has 0 bridgehead atoms. The van der Waals surface area contributed by atoms with Crippen molar-refractivity contribution in [2.24, 2.45) is 0 Å². The van der Waals surface area contributed by atoms with Gasteiger partial charge >= 0.3 is 5.97 Å². The van der Waals surface area contributed by atoms with E-state index in [1.54, 1.807) is 12.1 Å². The fourth-order valence-corrected chi connectivity index (χ4v) is 3.39. The van der Waals surface area contributed by atoms with Gasteiger partial charge in [-0.2, -0.15) is 0 Å². The summed E-state index contributed by atoms with van der Waals surface area (Å²) in [6.45, 7) is 2.57. The number of aromatic nitrogens is 2. The van der Waals surface area contributed by atoms with Crippen LogP contribution in [0, 0.1) is 0 Å². The van der Waals surface area contributed by atoms with Gasteiger partial charge in [0.25, 0.3) is 5.56 Å². The van der Waals surface area contributed by atoms with E-state index in [1.807, 2.05) is 14.0 Å². The highest BCUT2D eigenvalue weighted by Gasteiger charge is 2.20. The van der Waals surface area contributed by atoms with Crippen molar-refractivity contribution < 1.29 is 9.90 Å². The number of H-pyrrole nitrogens is 1. The molecule has 120 valence electrons. The highest BCUT2D eigenvalue weighted by Crippen LogP contribution is 2.39. The smallest absolute Gasteiger partial charge is 0.348 e. The summed E-state index contributed by atoms with van der Waals surface area (Å²) in [5.41, 5.74) is 1.43. The van der Waals surface area contributed by atoms with Gasteiger partial charge in [-0.1, -0.05) is 0 Å². The average molecular weight is 332 g/mol. The quantitative estimate of drug-likeness (QED) is 0.568. The molecule has 0 fully saturated rings. The Balaban J connectivity index is 2.25. The first-order chi connectivity index (χ1) is 11.0. The van der Waals surface area contributed by atoms with Crippen LogP contribution in [0.15, 0.2) is 23.1 Å². The minimum absolute atomic E-state index is 0.175. The number of likely N-dealkylation sites (N-methyl/N-ethyl adjacent to an activating group) is 1. The number of carboxylic acid groups (broad SMARTS) is 1. The maximum absolute atomic E-state index is 11.6. The van der Waals surface area contributed by atoms with E-state index in [4.69, 9.17) is 0 Å². The first-order valence-corrected chi connectivity index (χ1v) is 7.92. The van der Waals surface area contributed by atoms with Crippen LogP contribution in [0.5, 0.6) is 0 Å². The lowest BCUT2D eigenvalue weighted by Crippen LogP contribution is -2.29. The topological polar surface area (TPSA) is 107 Å². The van der Waals surface area contributed by atoms with Crippen molar-refractivity contribution in [2.75, 3.05) is 18.9 Å². The Hall–Kier alpha value is -2.45. The van der Waals surface area contributed by atoms with Crippen molar-refractivity contribution in [1.29, 1.82) is 0 Å². The van der Waals surface area contributed by atoms with Crippen molar-refractivity contribution in [3.8, 4) is 0 Å². The van der Waals surface area contributed by atoms with E-state index in [0.717, 1.165) is 10.1 Å². The molecule has 0 radical (unpaired) electrons. The van der Waals surface area contributed by atoms with Crippen molar-refractivity contribution in [3.63, 3.8) is 0 Å². The number of fused-ring (bicyclic) bond motifs is 3. The lowest BCUT2D eigenvalue weighted by Gasteiger charge is -2.13. The fourth-order valence-electron chi connectivity index (χ4n) is 2.37. The number of nitrogens with zero attached hydrogens (tertiary/aromatic N) is 1. The van der Waals surface area contributed by atoms with E-state index in [9.17, 15) is 14.7 Å². The number of thiophene rings is 1. The van der Waals surface area contributed by atoms with Gasteiger partial charge in [-0.3, -0.25) is 4.79 Å². The van der Waals surface area contributed by atoms with Crippen molar-refractivity contribution in [3.05, 3.63) is 33.6 Å². The second kappa shape index (κ2) is 5.98. The molecule has 0 aliphatic heterocycles. The third-order valence-electron chi connectivity index (χ3n) is 3.67. The molecule has 1 aromatic carbocycles. The van der Waals surface area contributed by atoms with Gasteiger partial charge in [0.2, 0.25) is 0 Å². The van der Waals surface area contributed by atoms with E-state index in [0.29, 0.717) is 23.3 Å². The predicted octanol–water partition coefficient (Wildman–Crippen LogP) is 1.86. The van der Waals surface area contributed by atoms with Crippen LogP contribution >= 0.6 is 11.3 Å². The summed E-state index contributed by atoms with van der Waals surface area (Å²) in [6.07, 6.45) is 1.21. The molecule has 0 unspecified atom stereocenters. The second-order valence-electron chi connectivity index (χ2n) is 5.26. The largest absolute Gasteiger partial charge is 0.477 e. The van der Waals surface area contributed by atoms with Crippen molar-refractivity contribution in [1.82, 2.24) is 15.3 Å². The molecule has 0 spiro atoms. The summed E-state index contributed by atoms with van der Waals surface area (Å²) in [6, 6.07) is 3.72. The lowest BCUT2D eigenvalue weighted by molar-refractivity contribution is 0.0703. The molecular formula is C15H16N4O3S. The Labute approximate surface area is 135 Å². The SMILES string of the molecule is CN[C@H](C)CNc1c(C(=O)O)sc2ccc3[nH]c(=O)cnc3c12. The van der Waals surface area contributed by atoms with Crippen LogP contribution < -0.4 is 16.2 Å². The fraction of sp³-hybridized carbons (Fsp3) is 0.267. The Morgan fingerprint density at radius 2 is 2.26 bits per heavy atom. The standard InChI is InChI=1S/C15H16N4O3S/c1-7(16-2)5-17-13-11-9(23-14(13)15(21)22)4-3-8-12(11)18-6-10(20)19-8/h3-4,6-7,16-17H,5H2,1-2H3,(H,19,20)(H,21,22)/t7-/m1/s1. The van der Waals surface area contributed by atoms with Crippen LogP contribution in [0.1, 0.15) is 16.6 Å². The van der Waals surface area contributed by atoms with Gasteiger partial charge in [0.15, 0.2) is 0 Å². The lowest BCUT2D eigenvalue weighted by atomic mass is 10.1. The first kappa shape index (κ1) is 15.4. The van der Waals surface area contributed by atoms with Gasteiger partial charge in [0, 0.05) is 22.7 Å². The zero-order valence-electron chi connectivity index (χ0n) is 12.6. The summed E-state index contributed by atoms with van der Waals surface area (Å²) >= 11 is 1.20. The van der Waals surface area contributed by atoms with Gasteiger partial charge in [-0.25, -0.2) is 9.78 Å². The van der Waals surface area contributed by atoms with E-state index >= 15 is 0 Å². The Morgan fingerprint density at radius 1 is 1.48 bits per heavy atom. The molecule has 0 saturated carbocycles. The normalized spacial score (nSPS) is 12.6. The monoisotopic (exact) mass is 332 g/mol. The highest BCUT2D eigenvalue weighted by atomic mass is 32.1. The maximum atomic E-state index is 11.6. The molecule has 2 heterocycles. The first-order valence-electron chi connectivity index (χ1n) is 7.10. The van der Waals surface area contributed by atoms with Crippen LogP contribution in [0.2, 0.25) is 0 Å². The molecule has 8 heteroatoms. The number of benzene rings is 1. The van der Waals surface area contributed by atoms with E-state index in [1.165, 1.54) is 17.5 Å². The number of nitrogens with one attached hydrogen (secondary N) is 3. The van der Waals surface area contributed by atoms with Gasteiger partial charge in [-0.15, -0.1) is 11.3 Å². The molecule has 3 aromatic rings. The summed E-state index contributed by atoms with van der Waals surface area (Å²) < 4.78 is 0.814. The zero-order valence-corrected chi connectivity index (χ0v) is 13.5. The summed E-state index contributed by atoms with van der Waals surface area (Å²) in [7, 11) is 1.85. The van der Waals surface area contributed by atoms with Crippen LogP contribution in [-0.2, 0) is 0 Å². The number of hydrogen-bond acceptors (Lipinski definition) is 6. The summed E-state index contributed by atoms with van der Waals surface area (Å²) in [4.78, 5) is 30.2. The van der Waals surface area contributed by atoms with Crippen LogP contribution in [0.3, 0.4) is 0 Å². The van der Waals surface area contributed by atoms with E-state index in [2.05, 4.69) is 20.6 Å². The number of carboxylic acids is 1. The number of carbonyl (C=O) groups is 1. The number of hydrogen-bond donors (Lipinski definition) is 4. The van der Waals surface area contributed by atoms with Gasteiger partial charge in [0.1, 0.15) is 4.88 Å². The molecule has 0 saturated heterocycles. The van der Waals surface area contributed by atoms with Crippen molar-refractivity contribution >= 4 is 44.1 Å². The molecule has 3 rings (SSSR count). The van der Waals surface area contributed by atoms with Gasteiger partial charge < -0.3 is 20.7 Å². The highest BCUT2D eigenvalue weighted by molar-refractivity contribution is 7.21. The average Bonchev–Trinajstić information content (AvgIpc) is 2.91. The number of rotatable bonds is 5. The number of anilines is 1. The molecule has 23 heavy (non-hydrogen) atoms. The second-order valence-corrected chi connectivity index (χ2v) is 6.32. The predicted molar refractivity (Wildman–Crippen MR) is 91.7 cm³/mol. The number of aromatic amines is 1. The molecule has 0 aliphatic rings. The molecule has 2 aromatic heterocycles. The summed E-state index contributed by atoms with van der Waals surface area (Å²) in [5.74, 6) is -0.983. The molecule has 0 amide bonds. The Kier molecular flexibility index (Phi) is 4.01. The summed E-state index contributed by atoms with van der Waals surface area (Å²) in [5, 5.41) is 16.5. The van der Waals surface area contributed by atoms with Crippen molar-refractivity contribution in [2.45, 2.75) is 13.0 Å². The van der Waals surface area contributed by atoms with Crippen LogP contribution in [0.4, 0.5) is 5.69 Å². The third kappa shape index (κ3) is 2.78. The molecular weight excluding hydrogens is 316 g/mol. The number of aromatic carboxylic acids is 1. The van der Waals surface area contributed by atoms with E-state index in [-0.39, 0.29) is 16.5 Å². The molecule has 0 aliphatic carbocycles. The minimum Gasteiger partial charge on any atom is -0.477 e. The van der Waals surface area contributed by atoms with Gasteiger partial charge in [0.05, 0.1) is 22.9 Å². The Bertz CT molecular complexity index is 947. The van der Waals surface area contributed by atoms with Crippen LogP contribution in [0.25, 0.3) is 21.1 Å². The zero-order chi connectivity index (χ0) is 16.6. The third-order valence-corrected chi connectivity index (χ3v) is 4.81. The van der Waals surface area contributed by atoms with Gasteiger partial charge in [-0.05, 0) is 26.1 Å². The molecule has 4 N–H and O–H groups in total. The maximum Gasteiger partial charge on any atom is 0.348 e. The minimum atomic E-state index is -0.983.